The van der Waals surface area contributed by atoms with Crippen LogP contribution < -0.4 is 16.4 Å². The normalized spacial score (nSPS) is 23.4. The number of hydrogen-bond acceptors (Lipinski definition) is 9. The summed E-state index contributed by atoms with van der Waals surface area (Å²) in [6, 6.07) is -1.10. The molecule has 13 nitrogen and oxygen atoms in total. The Morgan fingerprint density at radius 3 is 2.58 bits per heavy atom. The van der Waals surface area contributed by atoms with Gasteiger partial charge in [-0.2, -0.15) is 0 Å². The Hall–Kier alpha value is -2.84. The summed E-state index contributed by atoms with van der Waals surface area (Å²) in [5, 5.41) is 22.3. The van der Waals surface area contributed by atoms with Crippen LogP contribution >= 0.6 is 11.8 Å². The van der Waals surface area contributed by atoms with Crippen molar-refractivity contribution in [3.05, 3.63) is 11.3 Å². The maximum absolute atomic E-state index is 12.9. The monoisotopic (exact) mass is 460 g/mol. The topological polar surface area (TPSA) is 198 Å². The summed E-state index contributed by atoms with van der Waals surface area (Å²) >= 11 is 1.15. The number of aliphatic carboxylic acids is 2. The number of nitrogens with two attached hydrogens (primary N) is 1. The smallest absolute Gasteiger partial charge is 0.407 e. The summed E-state index contributed by atoms with van der Waals surface area (Å²) in [4.78, 5) is 60.0. The lowest BCUT2D eigenvalue weighted by molar-refractivity contribution is -0.192. The Balaban J connectivity index is 2.11. The molecule has 0 aromatic carbocycles. The van der Waals surface area contributed by atoms with E-state index >= 15 is 0 Å². The molecule has 0 bridgehead atoms. The number of rotatable bonds is 10. The summed E-state index contributed by atoms with van der Waals surface area (Å²) in [6.45, 7) is -0.318. The lowest BCUT2D eigenvalue weighted by atomic mass is 9.97. The van der Waals surface area contributed by atoms with Gasteiger partial charge in [0.05, 0.1) is 0 Å². The van der Waals surface area contributed by atoms with Crippen LogP contribution in [0.15, 0.2) is 11.3 Å². The third-order valence-corrected chi connectivity index (χ3v) is 6.15. The van der Waals surface area contributed by atoms with Gasteiger partial charge >= 0.3 is 18.0 Å². The molecule has 2 aliphatic heterocycles. The standard InChI is InChI=1S/C17H24N4O9S/c1-19-16(28)30-6-8-7-31-15-17(29-2,14(27)21(15)11(8)13(25)26)20-10(22)5-3-4-9(18)12(23)24/h9,15H,3-7,18H2,1-2H3,(H,19,28)(H,20,22)(H,23,24)(H,25,26)/t9?,15-,17-/m0/s1. The highest BCUT2D eigenvalue weighted by molar-refractivity contribution is 8.00. The second-order valence-electron chi connectivity index (χ2n) is 6.75. The Morgan fingerprint density at radius 2 is 2.03 bits per heavy atom. The average Bonchev–Trinajstić information content (AvgIpc) is 2.74. The Morgan fingerprint density at radius 1 is 1.35 bits per heavy atom. The SMILES string of the molecule is CNC(=O)OCC1=C(C(=O)O)N2C(=O)[C@](NC(=O)CCCC(N)C(=O)O)(OC)[C@@H]2SC1. The molecule has 0 aromatic heterocycles. The highest BCUT2D eigenvalue weighted by atomic mass is 32.2. The van der Waals surface area contributed by atoms with Crippen molar-refractivity contribution < 1.29 is 43.7 Å². The zero-order chi connectivity index (χ0) is 23.3. The summed E-state index contributed by atoms with van der Waals surface area (Å²) in [7, 11) is 2.56. The zero-order valence-electron chi connectivity index (χ0n) is 16.9. The molecule has 172 valence electrons. The van der Waals surface area contributed by atoms with Crippen LogP contribution in [0.1, 0.15) is 19.3 Å². The number of amides is 3. The fourth-order valence-electron chi connectivity index (χ4n) is 3.15. The number of methoxy groups -OCH3 is 1. The molecule has 2 aliphatic rings. The molecule has 0 spiro atoms. The average molecular weight is 460 g/mol. The van der Waals surface area contributed by atoms with Gasteiger partial charge in [-0.1, -0.05) is 0 Å². The molecule has 6 N–H and O–H groups in total. The minimum atomic E-state index is -1.76. The summed E-state index contributed by atoms with van der Waals surface area (Å²) in [5.74, 6) is -3.78. The number of carboxylic acid groups (broad SMARTS) is 2. The molecule has 0 saturated carbocycles. The van der Waals surface area contributed by atoms with Crippen LogP contribution in [-0.2, 0) is 28.7 Å². The number of alkyl carbamates (subject to hydrolysis) is 1. The van der Waals surface area contributed by atoms with Gasteiger partial charge in [0.25, 0.3) is 11.6 Å². The minimum absolute atomic E-state index is 0.0710. The van der Waals surface area contributed by atoms with Crippen molar-refractivity contribution in [1.82, 2.24) is 15.5 Å². The lowest BCUT2D eigenvalue weighted by Gasteiger charge is -2.55. The van der Waals surface area contributed by atoms with E-state index in [-0.39, 0.29) is 42.9 Å². The highest BCUT2D eigenvalue weighted by Gasteiger charge is 2.66. The number of ether oxygens (including phenoxy) is 2. The molecule has 1 saturated heterocycles. The van der Waals surface area contributed by atoms with Crippen LogP contribution in [0.25, 0.3) is 0 Å². The predicted octanol–water partition coefficient (Wildman–Crippen LogP) is -1.36. The van der Waals surface area contributed by atoms with Gasteiger partial charge in [-0.3, -0.25) is 19.3 Å². The molecule has 0 aliphatic carbocycles. The first-order valence-electron chi connectivity index (χ1n) is 9.18. The van der Waals surface area contributed by atoms with Crippen molar-refractivity contribution in [3.63, 3.8) is 0 Å². The second kappa shape index (κ2) is 9.98. The van der Waals surface area contributed by atoms with Crippen molar-refractivity contribution in [2.75, 3.05) is 26.5 Å². The van der Waals surface area contributed by atoms with Crippen LogP contribution in [0.4, 0.5) is 4.79 Å². The molecular weight excluding hydrogens is 436 g/mol. The van der Waals surface area contributed by atoms with E-state index in [1.165, 1.54) is 14.2 Å². The van der Waals surface area contributed by atoms with Crippen molar-refractivity contribution in [2.45, 2.75) is 36.4 Å². The number of nitrogens with zero attached hydrogens (tertiary/aromatic N) is 1. The van der Waals surface area contributed by atoms with Crippen molar-refractivity contribution in [3.8, 4) is 0 Å². The quantitative estimate of drug-likeness (QED) is 0.190. The van der Waals surface area contributed by atoms with E-state index in [0.29, 0.717) is 0 Å². The first kappa shape index (κ1) is 24.4. The van der Waals surface area contributed by atoms with Crippen LogP contribution in [0.3, 0.4) is 0 Å². The first-order chi connectivity index (χ1) is 14.6. The highest BCUT2D eigenvalue weighted by Crippen LogP contribution is 2.46. The molecule has 31 heavy (non-hydrogen) atoms. The second-order valence-corrected chi connectivity index (χ2v) is 7.82. The van der Waals surface area contributed by atoms with E-state index in [4.69, 9.17) is 20.3 Å². The number of carboxylic acids is 2. The van der Waals surface area contributed by atoms with E-state index in [1.54, 1.807) is 0 Å². The van der Waals surface area contributed by atoms with Gasteiger partial charge in [-0.05, 0) is 12.8 Å². The first-order valence-corrected chi connectivity index (χ1v) is 10.2. The van der Waals surface area contributed by atoms with E-state index < -0.39 is 47.0 Å². The number of hydrogen-bond donors (Lipinski definition) is 5. The fraction of sp³-hybridized carbons (Fsp3) is 0.588. The number of fused-ring (bicyclic) bond motifs is 1. The van der Waals surface area contributed by atoms with Gasteiger partial charge in [-0.15, -0.1) is 11.8 Å². The number of nitrogens with one attached hydrogen (secondary N) is 2. The van der Waals surface area contributed by atoms with Crippen molar-refractivity contribution in [1.29, 1.82) is 0 Å². The summed E-state index contributed by atoms with van der Waals surface area (Å²) in [6.07, 6.45) is -0.596. The summed E-state index contributed by atoms with van der Waals surface area (Å²) in [5.41, 5.74) is 3.54. The molecule has 0 radical (unpaired) electrons. The van der Waals surface area contributed by atoms with E-state index in [1.807, 2.05) is 0 Å². The van der Waals surface area contributed by atoms with Gasteiger partial charge in [0.2, 0.25) is 5.91 Å². The molecule has 1 unspecified atom stereocenters. The van der Waals surface area contributed by atoms with Gasteiger partial charge < -0.3 is 36.1 Å². The summed E-state index contributed by atoms with van der Waals surface area (Å²) < 4.78 is 10.2. The molecule has 14 heteroatoms. The third-order valence-electron chi connectivity index (χ3n) is 4.78. The predicted molar refractivity (Wildman–Crippen MR) is 106 cm³/mol. The zero-order valence-corrected chi connectivity index (χ0v) is 17.7. The molecule has 2 heterocycles. The molecule has 1 fully saturated rings. The van der Waals surface area contributed by atoms with E-state index in [2.05, 4.69) is 10.6 Å². The van der Waals surface area contributed by atoms with E-state index in [9.17, 15) is 29.1 Å². The van der Waals surface area contributed by atoms with Gasteiger partial charge in [-0.25, -0.2) is 9.59 Å². The van der Waals surface area contributed by atoms with Crippen LogP contribution in [0.5, 0.6) is 0 Å². The Labute approximate surface area is 181 Å². The molecule has 0 aromatic rings. The van der Waals surface area contributed by atoms with Gasteiger partial charge in [0.15, 0.2) is 0 Å². The molecular formula is C17H24N4O9S. The molecule has 3 amide bonds. The number of thioether (sulfide) groups is 1. The lowest BCUT2D eigenvalue weighted by Crippen LogP contribution is -2.80. The molecule has 3 atom stereocenters. The van der Waals surface area contributed by atoms with Crippen LogP contribution in [-0.4, -0.2) is 88.6 Å². The number of carbonyl (C=O) groups excluding carboxylic acids is 3. The minimum Gasteiger partial charge on any atom is -0.480 e. The van der Waals surface area contributed by atoms with Crippen LogP contribution in [0, 0.1) is 0 Å². The largest absolute Gasteiger partial charge is 0.480 e. The Bertz CT molecular complexity index is 817. The fourth-order valence-corrected chi connectivity index (χ4v) is 4.57. The van der Waals surface area contributed by atoms with Gasteiger partial charge in [0, 0.05) is 31.9 Å². The Kier molecular flexibility index (Phi) is 7.86. The maximum atomic E-state index is 12.9. The third kappa shape index (κ3) is 4.91. The van der Waals surface area contributed by atoms with Crippen LogP contribution in [0.2, 0.25) is 0 Å². The number of carbonyl (C=O) groups is 5. The maximum Gasteiger partial charge on any atom is 0.407 e. The van der Waals surface area contributed by atoms with E-state index in [0.717, 1.165) is 16.7 Å². The van der Waals surface area contributed by atoms with Crippen molar-refractivity contribution in [2.24, 2.45) is 5.73 Å². The number of β-lactam (4-membered cyclic amide) rings is 1. The van der Waals surface area contributed by atoms with Crippen molar-refractivity contribution >= 4 is 41.6 Å². The van der Waals surface area contributed by atoms with Gasteiger partial charge in [0.1, 0.15) is 23.7 Å². The molecule has 2 rings (SSSR count).